The molecule has 30 heavy (non-hydrogen) atoms. The lowest BCUT2D eigenvalue weighted by atomic mass is 10.1. The van der Waals surface area contributed by atoms with E-state index in [0.29, 0.717) is 16.7 Å². The number of benzene rings is 2. The molecule has 4 nitrogen and oxygen atoms in total. The van der Waals surface area contributed by atoms with Gasteiger partial charge in [0.05, 0.1) is 11.6 Å². The molecular formula is C23H18Cl2FNO3. The van der Waals surface area contributed by atoms with Crippen LogP contribution in [-0.2, 0) is 4.79 Å². The summed E-state index contributed by atoms with van der Waals surface area (Å²) in [6.45, 7) is 3.90. The van der Waals surface area contributed by atoms with Gasteiger partial charge in [0.1, 0.15) is 15.9 Å². The Hall–Kier alpha value is -2.63. The molecule has 7 heteroatoms. The van der Waals surface area contributed by atoms with Crippen molar-refractivity contribution in [1.82, 2.24) is 0 Å². The molecule has 2 atom stereocenters. The number of anilines is 1. The Morgan fingerprint density at radius 1 is 1.10 bits per heavy atom. The maximum absolute atomic E-state index is 13.3. The minimum atomic E-state index is -0.447. The van der Waals surface area contributed by atoms with Crippen molar-refractivity contribution in [2.75, 3.05) is 5.32 Å². The largest absolute Gasteiger partial charge is 0.450 e. The van der Waals surface area contributed by atoms with Gasteiger partial charge in [0.2, 0.25) is 11.7 Å². The zero-order valence-corrected chi connectivity index (χ0v) is 17.7. The monoisotopic (exact) mass is 445 g/mol. The molecule has 1 aliphatic carbocycles. The van der Waals surface area contributed by atoms with Crippen LogP contribution >= 0.6 is 23.2 Å². The first-order valence-corrected chi connectivity index (χ1v) is 10.1. The number of furan rings is 1. The minimum Gasteiger partial charge on any atom is -0.450 e. The van der Waals surface area contributed by atoms with E-state index >= 15 is 0 Å². The smallest absolute Gasteiger partial charge is 0.230 e. The van der Waals surface area contributed by atoms with E-state index in [4.69, 9.17) is 27.6 Å². The number of fused-ring (bicyclic) bond motifs is 1. The summed E-state index contributed by atoms with van der Waals surface area (Å²) in [6, 6.07) is 12.2. The van der Waals surface area contributed by atoms with Gasteiger partial charge in [-0.1, -0.05) is 49.2 Å². The highest BCUT2D eigenvalue weighted by atomic mass is 35.5. The van der Waals surface area contributed by atoms with Crippen LogP contribution in [0.2, 0.25) is 0 Å². The first-order valence-electron chi connectivity index (χ1n) is 9.35. The molecule has 0 aliphatic heterocycles. The second-order valence-electron chi connectivity index (χ2n) is 7.91. The van der Waals surface area contributed by atoms with Gasteiger partial charge in [-0.2, -0.15) is 0 Å². The summed E-state index contributed by atoms with van der Waals surface area (Å²) in [6.07, 6.45) is 1.66. The van der Waals surface area contributed by atoms with Gasteiger partial charge in [-0.3, -0.25) is 9.59 Å². The molecule has 0 spiro atoms. The number of para-hydroxylation sites is 1. The average molecular weight is 446 g/mol. The number of hydrogen-bond donors (Lipinski definition) is 1. The van der Waals surface area contributed by atoms with Crippen LogP contribution in [0, 0.1) is 23.1 Å². The van der Waals surface area contributed by atoms with Crippen molar-refractivity contribution in [3.63, 3.8) is 0 Å². The molecule has 2 aromatic carbocycles. The fourth-order valence-corrected chi connectivity index (χ4v) is 4.16. The SMILES string of the molecule is CC1(C)C(C=C(Cl)Cl)C1C(=O)Nc1c(C(=O)c2ccc(F)cc2)oc2ccccc12. The van der Waals surface area contributed by atoms with Crippen LogP contribution in [0.5, 0.6) is 0 Å². The van der Waals surface area contributed by atoms with E-state index in [1.807, 2.05) is 13.8 Å². The quantitative estimate of drug-likeness (QED) is 0.466. The summed E-state index contributed by atoms with van der Waals surface area (Å²) in [5.74, 6) is -1.62. The molecule has 1 heterocycles. The molecule has 0 bridgehead atoms. The Bertz CT molecular complexity index is 1180. The number of amides is 1. The number of allylic oxidation sites excluding steroid dienone is 1. The molecule has 154 valence electrons. The maximum Gasteiger partial charge on any atom is 0.230 e. The summed E-state index contributed by atoms with van der Waals surface area (Å²) < 4.78 is 19.1. The second kappa shape index (κ2) is 7.56. The van der Waals surface area contributed by atoms with E-state index in [1.54, 1.807) is 30.3 Å². The number of carbonyl (C=O) groups is 2. The van der Waals surface area contributed by atoms with Crippen molar-refractivity contribution in [1.29, 1.82) is 0 Å². The molecule has 1 fully saturated rings. The number of carbonyl (C=O) groups excluding carboxylic acids is 2. The van der Waals surface area contributed by atoms with Crippen LogP contribution < -0.4 is 5.32 Å². The predicted octanol–water partition coefficient (Wildman–Crippen LogP) is 6.33. The Labute approximate surface area is 182 Å². The molecule has 4 rings (SSSR count). The minimum absolute atomic E-state index is 0.00270. The molecule has 1 amide bonds. The second-order valence-corrected chi connectivity index (χ2v) is 8.92. The van der Waals surface area contributed by atoms with E-state index in [2.05, 4.69) is 5.32 Å². The fourth-order valence-electron chi connectivity index (χ4n) is 3.89. The Morgan fingerprint density at radius 2 is 1.77 bits per heavy atom. The lowest BCUT2D eigenvalue weighted by Crippen LogP contribution is -2.18. The van der Waals surface area contributed by atoms with Gasteiger partial charge in [-0.05, 0) is 53.8 Å². The van der Waals surface area contributed by atoms with Crippen molar-refractivity contribution < 1.29 is 18.4 Å². The molecule has 0 radical (unpaired) electrons. The summed E-state index contributed by atoms with van der Waals surface area (Å²) in [5, 5.41) is 3.48. The Morgan fingerprint density at radius 3 is 2.43 bits per heavy atom. The number of hydrogen-bond acceptors (Lipinski definition) is 3. The van der Waals surface area contributed by atoms with Gasteiger partial charge in [0.25, 0.3) is 0 Å². The highest BCUT2D eigenvalue weighted by Crippen LogP contribution is 2.60. The summed E-state index contributed by atoms with van der Waals surface area (Å²) in [4.78, 5) is 26.1. The molecule has 0 saturated heterocycles. The van der Waals surface area contributed by atoms with Crippen LogP contribution in [0.15, 0.2) is 63.5 Å². The zero-order chi connectivity index (χ0) is 21.6. The van der Waals surface area contributed by atoms with Gasteiger partial charge in [-0.15, -0.1) is 0 Å². The molecule has 1 N–H and O–H groups in total. The van der Waals surface area contributed by atoms with Crippen LogP contribution in [0.3, 0.4) is 0 Å². The third-order valence-electron chi connectivity index (χ3n) is 5.66. The van der Waals surface area contributed by atoms with Gasteiger partial charge in [-0.25, -0.2) is 4.39 Å². The van der Waals surface area contributed by atoms with E-state index < -0.39 is 11.6 Å². The van der Waals surface area contributed by atoms with Crippen molar-refractivity contribution in [2.45, 2.75) is 13.8 Å². The summed E-state index contributed by atoms with van der Waals surface area (Å²) in [7, 11) is 0. The standard InChI is InChI=1S/C23H18Cl2FNO3/c1-23(2)15(11-17(24)25)18(23)22(29)27-19-14-5-3-4-6-16(14)30-21(19)20(28)12-7-9-13(26)10-8-12/h3-11,15,18H,1-2H3,(H,27,29). The average Bonchev–Trinajstić information content (AvgIpc) is 3.05. The molecule has 1 saturated carbocycles. The molecule has 1 aromatic heterocycles. The highest BCUT2D eigenvalue weighted by Gasteiger charge is 2.60. The van der Waals surface area contributed by atoms with Crippen molar-refractivity contribution in [3.8, 4) is 0 Å². The molecule has 1 aliphatic rings. The van der Waals surface area contributed by atoms with E-state index in [1.165, 1.54) is 24.3 Å². The van der Waals surface area contributed by atoms with Crippen LogP contribution in [0.1, 0.15) is 30.0 Å². The van der Waals surface area contributed by atoms with Gasteiger partial charge < -0.3 is 9.73 Å². The summed E-state index contributed by atoms with van der Waals surface area (Å²) >= 11 is 11.6. The summed E-state index contributed by atoms with van der Waals surface area (Å²) in [5.41, 5.74) is 0.702. The fraction of sp³-hybridized carbons (Fsp3) is 0.217. The lowest BCUT2D eigenvalue weighted by molar-refractivity contribution is -0.118. The molecule has 2 unspecified atom stereocenters. The first kappa shape index (κ1) is 20.6. The van der Waals surface area contributed by atoms with Crippen LogP contribution in [0.25, 0.3) is 11.0 Å². The van der Waals surface area contributed by atoms with Crippen molar-refractivity contribution in [2.24, 2.45) is 17.3 Å². The maximum atomic E-state index is 13.3. The first-order chi connectivity index (χ1) is 14.2. The highest BCUT2D eigenvalue weighted by molar-refractivity contribution is 6.55. The van der Waals surface area contributed by atoms with Gasteiger partial charge >= 0.3 is 0 Å². The van der Waals surface area contributed by atoms with E-state index in [9.17, 15) is 14.0 Å². The van der Waals surface area contributed by atoms with E-state index in [0.717, 1.165) is 0 Å². The number of nitrogens with one attached hydrogen (secondary N) is 1. The Kier molecular flexibility index (Phi) is 5.20. The van der Waals surface area contributed by atoms with Gasteiger partial charge in [0.15, 0.2) is 5.76 Å². The third kappa shape index (κ3) is 3.64. The predicted molar refractivity (Wildman–Crippen MR) is 115 cm³/mol. The normalized spacial score (nSPS) is 19.4. The van der Waals surface area contributed by atoms with Gasteiger partial charge in [0, 0.05) is 10.9 Å². The van der Waals surface area contributed by atoms with Crippen molar-refractivity contribution in [3.05, 3.63) is 76.2 Å². The molecule has 3 aromatic rings. The van der Waals surface area contributed by atoms with Crippen molar-refractivity contribution >= 4 is 51.5 Å². The van der Waals surface area contributed by atoms with Crippen LogP contribution in [0.4, 0.5) is 10.1 Å². The number of rotatable bonds is 5. The lowest BCUT2D eigenvalue weighted by Gasteiger charge is -2.07. The number of halogens is 3. The number of ketones is 1. The van der Waals surface area contributed by atoms with E-state index in [-0.39, 0.29) is 39.0 Å². The van der Waals surface area contributed by atoms with Crippen LogP contribution in [-0.4, -0.2) is 11.7 Å². The molecular weight excluding hydrogens is 428 g/mol. The zero-order valence-electron chi connectivity index (χ0n) is 16.2. The topological polar surface area (TPSA) is 59.3 Å². The Balaban J connectivity index is 1.71. The third-order valence-corrected chi connectivity index (χ3v) is 5.91.